The number of nitrogens with two attached hydrogens (primary N) is 1. The number of benzene rings is 2. The summed E-state index contributed by atoms with van der Waals surface area (Å²) >= 11 is 0. The standard InChI is InChI=1S/C20H25N3O5S/c1-14(2)11-18(21)19(24)23-29(26,27)17-10-6-9-16(12-17)22-20(25)28-13-15-7-4-3-5-8-15/h3-10,12,14,18H,11,13,21H2,1-2H3,(H,22,25)(H,23,24)/t18-/m0/s1. The molecule has 0 bridgehead atoms. The second-order valence-electron chi connectivity index (χ2n) is 6.92. The molecule has 29 heavy (non-hydrogen) atoms. The summed E-state index contributed by atoms with van der Waals surface area (Å²) in [6.07, 6.45) is -0.373. The quantitative estimate of drug-likeness (QED) is 0.603. The van der Waals surface area contributed by atoms with Crippen molar-refractivity contribution in [1.82, 2.24) is 4.72 Å². The molecule has 0 aliphatic carbocycles. The Bertz CT molecular complexity index is 946. The van der Waals surface area contributed by atoms with Gasteiger partial charge in [-0.1, -0.05) is 50.2 Å². The Morgan fingerprint density at radius 1 is 1.07 bits per heavy atom. The Kier molecular flexibility index (Phi) is 7.74. The number of nitrogens with one attached hydrogen (secondary N) is 2. The van der Waals surface area contributed by atoms with E-state index < -0.39 is 28.1 Å². The van der Waals surface area contributed by atoms with Gasteiger partial charge in [-0.2, -0.15) is 0 Å². The Morgan fingerprint density at radius 3 is 2.41 bits per heavy atom. The lowest BCUT2D eigenvalue weighted by atomic mass is 10.0. The van der Waals surface area contributed by atoms with Gasteiger partial charge in [-0.05, 0) is 36.1 Å². The lowest BCUT2D eigenvalue weighted by molar-refractivity contribution is -0.120. The first-order valence-electron chi connectivity index (χ1n) is 9.07. The summed E-state index contributed by atoms with van der Waals surface area (Å²) < 4.78 is 32.0. The molecule has 2 aromatic rings. The van der Waals surface area contributed by atoms with E-state index in [2.05, 4.69) is 5.32 Å². The Labute approximate surface area is 170 Å². The Morgan fingerprint density at radius 2 is 1.76 bits per heavy atom. The third-order valence-electron chi connectivity index (χ3n) is 3.90. The van der Waals surface area contributed by atoms with Crippen LogP contribution >= 0.6 is 0 Å². The number of carbonyl (C=O) groups excluding carboxylic acids is 2. The van der Waals surface area contributed by atoms with Crippen LogP contribution in [0.4, 0.5) is 10.5 Å². The van der Waals surface area contributed by atoms with Crippen molar-refractivity contribution in [3.05, 3.63) is 60.2 Å². The largest absolute Gasteiger partial charge is 0.444 e. The maximum Gasteiger partial charge on any atom is 0.411 e. The highest BCUT2D eigenvalue weighted by atomic mass is 32.2. The molecule has 0 spiro atoms. The molecule has 0 saturated heterocycles. The van der Waals surface area contributed by atoms with Crippen molar-refractivity contribution in [2.24, 2.45) is 11.7 Å². The SMILES string of the molecule is CC(C)C[C@H](N)C(=O)NS(=O)(=O)c1cccc(NC(=O)OCc2ccccc2)c1. The van der Waals surface area contributed by atoms with Gasteiger partial charge < -0.3 is 10.5 Å². The van der Waals surface area contributed by atoms with Gasteiger partial charge in [-0.15, -0.1) is 0 Å². The molecule has 0 aliphatic rings. The van der Waals surface area contributed by atoms with Crippen molar-refractivity contribution >= 4 is 27.7 Å². The van der Waals surface area contributed by atoms with Crippen LogP contribution in [0.1, 0.15) is 25.8 Å². The van der Waals surface area contributed by atoms with Crippen LogP contribution in [-0.2, 0) is 26.2 Å². The van der Waals surface area contributed by atoms with E-state index in [1.807, 2.05) is 48.9 Å². The molecule has 1 atom stereocenters. The van der Waals surface area contributed by atoms with Crippen molar-refractivity contribution < 1.29 is 22.7 Å². The first-order chi connectivity index (χ1) is 13.7. The summed E-state index contributed by atoms with van der Waals surface area (Å²) in [6, 6.07) is 13.7. The normalized spacial score (nSPS) is 12.3. The van der Waals surface area contributed by atoms with E-state index in [0.717, 1.165) is 5.56 Å². The van der Waals surface area contributed by atoms with E-state index in [4.69, 9.17) is 10.5 Å². The van der Waals surface area contributed by atoms with Crippen LogP contribution in [0.5, 0.6) is 0 Å². The molecular formula is C20H25N3O5S. The minimum absolute atomic E-state index is 0.0778. The second kappa shape index (κ2) is 10.0. The van der Waals surface area contributed by atoms with E-state index in [1.54, 1.807) is 0 Å². The maximum absolute atomic E-state index is 12.5. The fourth-order valence-corrected chi connectivity index (χ4v) is 3.57. The fourth-order valence-electron chi connectivity index (χ4n) is 2.50. The van der Waals surface area contributed by atoms with Crippen molar-refractivity contribution in [3.8, 4) is 0 Å². The number of anilines is 1. The number of hydrogen-bond donors (Lipinski definition) is 3. The summed E-state index contributed by atoms with van der Waals surface area (Å²) in [7, 11) is -4.13. The molecule has 0 fully saturated rings. The van der Waals surface area contributed by atoms with Crippen LogP contribution in [-0.4, -0.2) is 26.5 Å². The first kappa shape index (κ1) is 22.4. The topological polar surface area (TPSA) is 128 Å². The van der Waals surface area contributed by atoms with E-state index in [1.165, 1.54) is 24.3 Å². The average Bonchev–Trinajstić information content (AvgIpc) is 2.66. The zero-order valence-corrected chi connectivity index (χ0v) is 17.1. The van der Waals surface area contributed by atoms with Gasteiger partial charge in [0.15, 0.2) is 0 Å². The minimum Gasteiger partial charge on any atom is -0.444 e. The van der Waals surface area contributed by atoms with Crippen LogP contribution in [0.25, 0.3) is 0 Å². The maximum atomic E-state index is 12.5. The molecule has 0 aromatic heterocycles. The Balaban J connectivity index is 2.00. The molecule has 0 radical (unpaired) electrons. The molecule has 2 aromatic carbocycles. The molecule has 0 aliphatic heterocycles. The molecule has 0 unspecified atom stereocenters. The summed E-state index contributed by atoms with van der Waals surface area (Å²) in [5.41, 5.74) is 6.76. The molecule has 0 heterocycles. The molecule has 0 saturated carbocycles. The average molecular weight is 420 g/mol. The third kappa shape index (κ3) is 7.20. The smallest absolute Gasteiger partial charge is 0.411 e. The summed E-state index contributed by atoms with van der Waals surface area (Å²) in [5.74, 6) is -0.632. The number of ether oxygens (including phenoxy) is 1. The molecule has 2 rings (SSSR count). The highest BCUT2D eigenvalue weighted by Gasteiger charge is 2.23. The van der Waals surface area contributed by atoms with E-state index in [0.29, 0.717) is 6.42 Å². The number of carbonyl (C=O) groups is 2. The Hall–Kier alpha value is -2.91. The number of rotatable bonds is 8. The van der Waals surface area contributed by atoms with Crippen molar-refractivity contribution in [1.29, 1.82) is 0 Å². The lowest BCUT2D eigenvalue weighted by Gasteiger charge is -2.15. The number of sulfonamides is 1. The zero-order chi connectivity index (χ0) is 21.4. The second-order valence-corrected chi connectivity index (χ2v) is 8.60. The van der Waals surface area contributed by atoms with Gasteiger partial charge in [0, 0.05) is 5.69 Å². The van der Waals surface area contributed by atoms with Crippen LogP contribution in [0.2, 0.25) is 0 Å². The predicted octanol–water partition coefficient (Wildman–Crippen LogP) is 2.61. The molecule has 8 nitrogen and oxygen atoms in total. The predicted molar refractivity (Wildman–Crippen MR) is 109 cm³/mol. The molecule has 2 amide bonds. The van der Waals surface area contributed by atoms with Crippen LogP contribution in [0, 0.1) is 5.92 Å². The van der Waals surface area contributed by atoms with E-state index in [9.17, 15) is 18.0 Å². The third-order valence-corrected chi connectivity index (χ3v) is 5.25. The van der Waals surface area contributed by atoms with Gasteiger partial charge >= 0.3 is 6.09 Å². The lowest BCUT2D eigenvalue weighted by Crippen LogP contribution is -2.43. The number of hydrogen-bond acceptors (Lipinski definition) is 6. The van der Waals surface area contributed by atoms with Crippen molar-refractivity contribution in [3.63, 3.8) is 0 Å². The monoisotopic (exact) mass is 419 g/mol. The highest BCUT2D eigenvalue weighted by molar-refractivity contribution is 7.90. The van der Waals surface area contributed by atoms with Gasteiger partial charge in [0.25, 0.3) is 15.9 Å². The molecule has 4 N–H and O–H groups in total. The van der Waals surface area contributed by atoms with Crippen molar-refractivity contribution in [2.75, 3.05) is 5.32 Å². The van der Waals surface area contributed by atoms with Gasteiger partial charge in [0.05, 0.1) is 10.9 Å². The van der Waals surface area contributed by atoms with E-state index in [-0.39, 0.29) is 23.1 Å². The summed E-state index contributed by atoms with van der Waals surface area (Å²) in [5, 5.41) is 2.46. The van der Waals surface area contributed by atoms with Crippen LogP contribution in [0.3, 0.4) is 0 Å². The van der Waals surface area contributed by atoms with Crippen molar-refractivity contribution in [2.45, 2.75) is 37.8 Å². The summed E-state index contributed by atoms with van der Waals surface area (Å²) in [4.78, 5) is 23.8. The molecule has 9 heteroatoms. The van der Waals surface area contributed by atoms with Gasteiger partial charge in [0.1, 0.15) is 6.61 Å². The first-order valence-corrected chi connectivity index (χ1v) is 10.6. The van der Waals surface area contributed by atoms with Gasteiger partial charge in [-0.3, -0.25) is 10.1 Å². The zero-order valence-electron chi connectivity index (χ0n) is 16.3. The summed E-state index contributed by atoms with van der Waals surface area (Å²) in [6.45, 7) is 3.84. The van der Waals surface area contributed by atoms with Gasteiger partial charge in [-0.25, -0.2) is 17.9 Å². The minimum atomic E-state index is -4.13. The number of amides is 2. The van der Waals surface area contributed by atoms with Crippen LogP contribution < -0.4 is 15.8 Å². The highest BCUT2D eigenvalue weighted by Crippen LogP contribution is 2.16. The fraction of sp³-hybridized carbons (Fsp3) is 0.300. The molecule has 156 valence electrons. The molecular weight excluding hydrogens is 394 g/mol. The van der Waals surface area contributed by atoms with E-state index >= 15 is 0 Å². The van der Waals surface area contributed by atoms with Gasteiger partial charge in [0.2, 0.25) is 0 Å². The van der Waals surface area contributed by atoms with Crippen LogP contribution in [0.15, 0.2) is 59.5 Å².